The molecule has 34 heavy (non-hydrogen) atoms. The molecule has 3 rings (SSSR count). The first kappa shape index (κ1) is 25.1. The van der Waals surface area contributed by atoms with E-state index in [1.807, 2.05) is 32.0 Å². The Morgan fingerprint density at radius 1 is 0.941 bits per heavy atom. The van der Waals surface area contributed by atoms with Crippen molar-refractivity contribution in [3.05, 3.63) is 83.9 Å². The molecule has 8 heteroatoms. The summed E-state index contributed by atoms with van der Waals surface area (Å²) < 4.78 is 38.9. The number of amides is 1. The van der Waals surface area contributed by atoms with E-state index in [1.54, 1.807) is 56.7 Å². The summed E-state index contributed by atoms with van der Waals surface area (Å²) in [6.07, 6.45) is 0.626. The summed E-state index contributed by atoms with van der Waals surface area (Å²) in [6.45, 7) is 3.42. The van der Waals surface area contributed by atoms with Gasteiger partial charge in [-0.05, 0) is 54.8 Å². The fraction of sp³-hybridized carbons (Fsp3) is 0.269. The van der Waals surface area contributed by atoms with E-state index in [-0.39, 0.29) is 17.5 Å². The molecule has 0 aliphatic rings. The van der Waals surface area contributed by atoms with Crippen molar-refractivity contribution in [3.8, 4) is 11.5 Å². The highest BCUT2D eigenvalue weighted by atomic mass is 32.2. The molecule has 0 heterocycles. The van der Waals surface area contributed by atoms with Crippen LogP contribution in [-0.4, -0.2) is 35.1 Å². The second kappa shape index (κ2) is 11.1. The van der Waals surface area contributed by atoms with Crippen LogP contribution >= 0.6 is 0 Å². The van der Waals surface area contributed by atoms with Crippen molar-refractivity contribution in [1.29, 1.82) is 0 Å². The molecule has 0 unspecified atom stereocenters. The first-order chi connectivity index (χ1) is 16.3. The molecule has 1 atom stereocenters. The lowest BCUT2D eigenvalue weighted by molar-refractivity contribution is -0.120. The molecule has 0 aliphatic heterocycles. The van der Waals surface area contributed by atoms with Gasteiger partial charge in [0.05, 0.1) is 30.8 Å². The summed E-state index contributed by atoms with van der Waals surface area (Å²) in [4.78, 5) is 13.2. The Hall–Kier alpha value is -3.52. The third-order valence-electron chi connectivity index (χ3n) is 5.54. The van der Waals surface area contributed by atoms with E-state index in [9.17, 15) is 13.2 Å². The van der Waals surface area contributed by atoms with Crippen molar-refractivity contribution in [1.82, 2.24) is 5.32 Å². The summed E-state index contributed by atoms with van der Waals surface area (Å²) in [5.41, 5.74) is 2.13. The van der Waals surface area contributed by atoms with Crippen LogP contribution in [0.3, 0.4) is 0 Å². The minimum absolute atomic E-state index is 0.127. The molecule has 0 fully saturated rings. The summed E-state index contributed by atoms with van der Waals surface area (Å²) in [6, 6.07) is 20.4. The fourth-order valence-electron chi connectivity index (χ4n) is 3.70. The van der Waals surface area contributed by atoms with E-state index in [0.717, 1.165) is 11.1 Å². The number of nitrogens with one attached hydrogen (secondary N) is 1. The Balaban J connectivity index is 1.90. The van der Waals surface area contributed by atoms with Crippen molar-refractivity contribution < 1.29 is 22.7 Å². The maximum absolute atomic E-state index is 13.6. The number of hydrogen-bond donors (Lipinski definition) is 1. The first-order valence-corrected chi connectivity index (χ1v) is 12.4. The van der Waals surface area contributed by atoms with E-state index >= 15 is 0 Å². The Morgan fingerprint density at radius 2 is 1.59 bits per heavy atom. The molecule has 1 amide bonds. The van der Waals surface area contributed by atoms with Crippen LogP contribution in [0.15, 0.2) is 77.7 Å². The molecule has 0 bridgehead atoms. The van der Waals surface area contributed by atoms with Crippen LogP contribution in [0.2, 0.25) is 0 Å². The van der Waals surface area contributed by atoms with E-state index < -0.39 is 15.9 Å². The molecule has 0 radical (unpaired) electrons. The molecule has 1 N–H and O–H groups in total. The van der Waals surface area contributed by atoms with Crippen molar-refractivity contribution in [3.63, 3.8) is 0 Å². The molecular weight excluding hydrogens is 452 g/mol. The first-order valence-electron chi connectivity index (χ1n) is 11.0. The van der Waals surface area contributed by atoms with Gasteiger partial charge in [0.25, 0.3) is 10.0 Å². The van der Waals surface area contributed by atoms with E-state index in [1.165, 1.54) is 16.4 Å². The summed E-state index contributed by atoms with van der Waals surface area (Å²) in [5.74, 6) is 0.708. The minimum atomic E-state index is -3.97. The number of nitrogens with zero attached hydrogens (tertiary/aromatic N) is 1. The number of carbonyl (C=O) groups excluding carboxylic acids is 1. The van der Waals surface area contributed by atoms with Gasteiger partial charge < -0.3 is 14.8 Å². The minimum Gasteiger partial charge on any atom is -0.493 e. The van der Waals surface area contributed by atoms with Crippen molar-refractivity contribution in [2.24, 2.45) is 0 Å². The molecule has 0 saturated heterocycles. The van der Waals surface area contributed by atoms with Crippen LogP contribution in [-0.2, 0) is 21.2 Å². The second-order valence-electron chi connectivity index (χ2n) is 7.71. The van der Waals surface area contributed by atoms with Crippen LogP contribution in [0.1, 0.15) is 31.0 Å². The summed E-state index contributed by atoms with van der Waals surface area (Å²) in [5, 5.41) is 2.90. The number of rotatable bonds is 10. The SMILES string of the molecule is CCc1ccccc1N(CC(=O)N[C@@H](C)c1ccc(OC)c(OC)c1)S(=O)(=O)c1ccccc1. The van der Waals surface area contributed by atoms with E-state index in [4.69, 9.17) is 9.47 Å². The van der Waals surface area contributed by atoms with Gasteiger partial charge in [0.15, 0.2) is 11.5 Å². The van der Waals surface area contributed by atoms with Crippen molar-refractivity contribution >= 4 is 21.6 Å². The maximum Gasteiger partial charge on any atom is 0.264 e. The van der Waals surface area contributed by atoms with E-state index in [0.29, 0.717) is 23.6 Å². The average molecular weight is 483 g/mol. The number of sulfonamides is 1. The van der Waals surface area contributed by atoms with Crippen LogP contribution in [0, 0.1) is 0 Å². The quantitative estimate of drug-likeness (QED) is 0.465. The number of para-hydroxylation sites is 1. The molecular formula is C26H30N2O5S. The summed E-state index contributed by atoms with van der Waals surface area (Å²) >= 11 is 0. The Labute approximate surface area is 201 Å². The number of methoxy groups -OCH3 is 2. The number of ether oxygens (including phenoxy) is 2. The average Bonchev–Trinajstić information content (AvgIpc) is 2.87. The largest absolute Gasteiger partial charge is 0.493 e. The molecule has 3 aromatic carbocycles. The topological polar surface area (TPSA) is 84.9 Å². The smallest absolute Gasteiger partial charge is 0.264 e. The Morgan fingerprint density at radius 3 is 2.24 bits per heavy atom. The van der Waals surface area contributed by atoms with Gasteiger partial charge >= 0.3 is 0 Å². The molecule has 7 nitrogen and oxygen atoms in total. The number of hydrogen-bond acceptors (Lipinski definition) is 5. The zero-order valence-corrected chi connectivity index (χ0v) is 20.6. The molecule has 0 aliphatic carbocycles. The standard InChI is InChI=1S/C26H30N2O5S/c1-5-20-11-9-10-14-23(20)28(34(30,31)22-12-7-6-8-13-22)18-26(29)27-19(2)21-15-16-24(32-3)25(17-21)33-4/h6-17,19H,5,18H2,1-4H3,(H,27,29)/t19-/m0/s1. The van der Waals surface area contributed by atoms with Gasteiger partial charge in [-0.3, -0.25) is 9.10 Å². The zero-order valence-electron chi connectivity index (χ0n) is 19.8. The zero-order chi connectivity index (χ0) is 24.7. The third-order valence-corrected chi connectivity index (χ3v) is 7.32. The van der Waals surface area contributed by atoms with Gasteiger partial charge in [-0.2, -0.15) is 0 Å². The van der Waals surface area contributed by atoms with Crippen LogP contribution in [0.25, 0.3) is 0 Å². The van der Waals surface area contributed by atoms with Crippen LogP contribution < -0.4 is 19.1 Å². The third kappa shape index (κ3) is 5.51. The Kier molecular flexibility index (Phi) is 8.17. The molecule has 0 spiro atoms. The highest BCUT2D eigenvalue weighted by molar-refractivity contribution is 7.92. The van der Waals surface area contributed by atoms with Gasteiger partial charge in [0.2, 0.25) is 5.91 Å². The number of carbonyl (C=O) groups is 1. The van der Waals surface area contributed by atoms with Crippen molar-refractivity contribution in [2.45, 2.75) is 31.2 Å². The highest BCUT2D eigenvalue weighted by Gasteiger charge is 2.29. The number of benzene rings is 3. The maximum atomic E-state index is 13.6. The highest BCUT2D eigenvalue weighted by Crippen LogP contribution is 2.30. The molecule has 0 aromatic heterocycles. The lowest BCUT2D eigenvalue weighted by Crippen LogP contribution is -2.42. The second-order valence-corrected chi connectivity index (χ2v) is 9.57. The van der Waals surface area contributed by atoms with Crippen molar-refractivity contribution in [2.75, 3.05) is 25.1 Å². The fourth-order valence-corrected chi connectivity index (χ4v) is 5.18. The normalized spacial score (nSPS) is 12.0. The van der Waals surface area contributed by atoms with E-state index in [2.05, 4.69) is 5.32 Å². The van der Waals surface area contributed by atoms with Gasteiger partial charge in [-0.1, -0.05) is 49.4 Å². The van der Waals surface area contributed by atoms with Gasteiger partial charge in [-0.25, -0.2) is 8.42 Å². The number of aryl methyl sites for hydroxylation is 1. The Bertz CT molecular complexity index is 1230. The number of anilines is 1. The summed E-state index contributed by atoms with van der Waals surface area (Å²) in [7, 11) is -0.868. The van der Waals surface area contributed by atoms with Gasteiger partial charge in [-0.15, -0.1) is 0 Å². The monoisotopic (exact) mass is 482 g/mol. The predicted molar refractivity (Wildman–Crippen MR) is 133 cm³/mol. The lowest BCUT2D eigenvalue weighted by Gasteiger charge is -2.27. The lowest BCUT2D eigenvalue weighted by atomic mass is 10.1. The van der Waals surface area contributed by atoms with Crippen LogP contribution in [0.4, 0.5) is 5.69 Å². The van der Waals surface area contributed by atoms with Gasteiger partial charge in [0, 0.05) is 0 Å². The molecule has 0 saturated carbocycles. The van der Waals surface area contributed by atoms with Gasteiger partial charge in [0.1, 0.15) is 6.54 Å². The predicted octanol–water partition coefficient (Wildman–Crippen LogP) is 4.34. The molecule has 3 aromatic rings. The molecule has 180 valence electrons. The van der Waals surface area contributed by atoms with Crippen LogP contribution in [0.5, 0.6) is 11.5 Å².